The fourth-order valence-corrected chi connectivity index (χ4v) is 3.11. The second-order valence-electron chi connectivity index (χ2n) is 5.62. The Bertz CT molecular complexity index is 460. The number of rotatable bonds is 2. The molecule has 104 valence electrons. The zero-order valence-corrected chi connectivity index (χ0v) is 10.5. The van der Waals surface area contributed by atoms with Gasteiger partial charge >= 0.3 is 0 Å². The van der Waals surface area contributed by atoms with Crippen molar-refractivity contribution < 1.29 is 19.7 Å². The van der Waals surface area contributed by atoms with Gasteiger partial charge in [-0.3, -0.25) is 0 Å². The number of hydrogen-bond donors (Lipinski definition) is 4. The Morgan fingerprint density at radius 1 is 1.21 bits per heavy atom. The first-order chi connectivity index (χ1) is 9.03. The third kappa shape index (κ3) is 2.17. The highest BCUT2D eigenvalue weighted by Gasteiger charge is 2.58. The molecule has 0 radical (unpaired) electrons. The molecule has 1 aromatic carbocycles. The highest BCUT2D eigenvalue weighted by Crippen LogP contribution is 2.51. The molecule has 0 unspecified atom stereocenters. The van der Waals surface area contributed by atoms with Crippen molar-refractivity contribution >= 4 is 0 Å². The molecule has 1 saturated carbocycles. The van der Waals surface area contributed by atoms with Crippen LogP contribution in [0.2, 0.25) is 0 Å². The fraction of sp³-hybridized carbons (Fsp3) is 0.571. The summed E-state index contributed by atoms with van der Waals surface area (Å²) in [7, 11) is 0. The number of nitrogens with one attached hydrogen (secondary N) is 1. The molecule has 0 amide bonds. The van der Waals surface area contributed by atoms with Crippen LogP contribution >= 0.6 is 0 Å². The number of aliphatic hydroxyl groups excluding tert-OH is 3. The molecular weight excluding hydrogens is 249 g/mol. The van der Waals surface area contributed by atoms with Crippen LogP contribution in [0.5, 0.6) is 0 Å². The zero-order valence-electron chi connectivity index (χ0n) is 10.5. The standard InChI is InChI=1S/C14H18FNO3/c15-9-3-1-8(2-4-9)12(18)11-13(19)10(17)7-16-14(11)5-6-14/h1-4,10-13,16-19H,5-7H2/t10-,11-,12-,13+/m1/s1. The minimum Gasteiger partial charge on any atom is -0.390 e. The van der Waals surface area contributed by atoms with Crippen LogP contribution in [0, 0.1) is 11.7 Å². The lowest BCUT2D eigenvalue weighted by atomic mass is 9.78. The summed E-state index contributed by atoms with van der Waals surface area (Å²) in [5.74, 6) is -0.832. The highest BCUT2D eigenvalue weighted by molar-refractivity contribution is 5.24. The third-order valence-corrected chi connectivity index (χ3v) is 4.40. The summed E-state index contributed by atoms with van der Waals surface area (Å²) in [6, 6.07) is 5.61. The van der Waals surface area contributed by atoms with Crippen molar-refractivity contribution in [1.29, 1.82) is 0 Å². The summed E-state index contributed by atoms with van der Waals surface area (Å²) in [4.78, 5) is 0. The van der Waals surface area contributed by atoms with Crippen LogP contribution in [-0.2, 0) is 0 Å². The molecule has 1 heterocycles. The molecule has 2 aliphatic rings. The summed E-state index contributed by atoms with van der Waals surface area (Å²) >= 11 is 0. The van der Waals surface area contributed by atoms with Crippen molar-refractivity contribution in [1.82, 2.24) is 5.32 Å². The van der Waals surface area contributed by atoms with Crippen LogP contribution in [0.4, 0.5) is 4.39 Å². The Hall–Kier alpha value is -1.01. The lowest BCUT2D eigenvalue weighted by molar-refractivity contribution is -0.0989. The molecule has 19 heavy (non-hydrogen) atoms. The van der Waals surface area contributed by atoms with E-state index in [4.69, 9.17) is 0 Å². The predicted octanol–water partition coefficient (Wildman–Crippen LogP) is 0.333. The fourth-order valence-electron chi connectivity index (χ4n) is 3.11. The van der Waals surface area contributed by atoms with Crippen molar-refractivity contribution in [3.8, 4) is 0 Å². The number of halogens is 1. The topological polar surface area (TPSA) is 72.7 Å². The van der Waals surface area contributed by atoms with Crippen molar-refractivity contribution in [3.63, 3.8) is 0 Å². The van der Waals surface area contributed by atoms with E-state index in [1.807, 2.05) is 0 Å². The molecule has 1 spiro atoms. The second-order valence-corrected chi connectivity index (χ2v) is 5.62. The minimum atomic E-state index is -0.969. The first kappa shape index (κ1) is 13.0. The number of aliphatic hydroxyl groups is 3. The molecule has 3 rings (SSSR count). The van der Waals surface area contributed by atoms with E-state index in [0.29, 0.717) is 12.1 Å². The van der Waals surface area contributed by atoms with Gasteiger partial charge in [-0.1, -0.05) is 12.1 Å². The Kier molecular flexibility index (Phi) is 3.09. The van der Waals surface area contributed by atoms with E-state index in [9.17, 15) is 19.7 Å². The van der Waals surface area contributed by atoms with E-state index in [2.05, 4.69) is 5.32 Å². The van der Waals surface area contributed by atoms with E-state index in [1.165, 1.54) is 24.3 Å². The molecule has 4 N–H and O–H groups in total. The predicted molar refractivity (Wildman–Crippen MR) is 66.8 cm³/mol. The first-order valence-corrected chi connectivity index (χ1v) is 6.58. The first-order valence-electron chi connectivity index (χ1n) is 6.58. The average Bonchev–Trinajstić information content (AvgIpc) is 3.16. The number of hydrogen-bond acceptors (Lipinski definition) is 4. The van der Waals surface area contributed by atoms with Crippen molar-refractivity contribution in [2.75, 3.05) is 6.54 Å². The molecule has 2 fully saturated rings. The maximum Gasteiger partial charge on any atom is 0.123 e. The highest BCUT2D eigenvalue weighted by atomic mass is 19.1. The molecule has 1 aliphatic heterocycles. The molecule has 1 aliphatic carbocycles. The summed E-state index contributed by atoms with van der Waals surface area (Å²) in [5, 5.41) is 33.6. The van der Waals surface area contributed by atoms with Crippen LogP contribution in [0.3, 0.4) is 0 Å². The van der Waals surface area contributed by atoms with E-state index >= 15 is 0 Å². The molecule has 1 aromatic rings. The van der Waals surface area contributed by atoms with Gasteiger partial charge < -0.3 is 20.6 Å². The average molecular weight is 267 g/mol. The van der Waals surface area contributed by atoms with Gasteiger partial charge in [0.2, 0.25) is 0 Å². The van der Waals surface area contributed by atoms with Gasteiger partial charge in [-0.15, -0.1) is 0 Å². The van der Waals surface area contributed by atoms with Gasteiger partial charge in [0.1, 0.15) is 5.82 Å². The normalized spacial score (nSPS) is 34.2. The van der Waals surface area contributed by atoms with Crippen LogP contribution in [0.25, 0.3) is 0 Å². The van der Waals surface area contributed by atoms with Crippen LogP contribution in [-0.4, -0.2) is 39.6 Å². The van der Waals surface area contributed by atoms with E-state index < -0.39 is 24.2 Å². The molecule has 0 aromatic heterocycles. The molecule has 5 heteroatoms. The number of piperidine rings is 1. The van der Waals surface area contributed by atoms with Crippen molar-refractivity contribution in [3.05, 3.63) is 35.6 Å². The Morgan fingerprint density at radius 2 is 1.84 bits per heavy atom. The molecule has 1 saturated heterocycles. The van der Waals surface area contributed by atoms with Gasteiger partial charge in [0.15, 0.2) is 0 Å². The minimum absolute atomic E-state index is 0.285. The summed E-state index contributed by atoms with van der Waals surface area (Å²) in [6.07, 6.45) is -1.02. The van der Waals surface area contributed by atoms with Gasteiger partial charge in [0.25, 0.3) is 0 Å². The SMILES string of the molecule is O[C@@H]1[C@@H]([C@H](O)c2ccc(F)cc2)C2(CC2)NC[C@H]1O. The van der Waals surface area contributed by atoms with Crippen LogP contribution in [0.15, 0.2) is 24.3 Å². The number of benzene rings is 1. The Balaban J connectivity index is 1.88. The summed E-state index contributed by atoms with van der Waals surface area (Å²) in [5.41, 5.74) is 0.277. The number of β-amino-alcohol motifs (C(OH)–C–C–N with tert-alkyl or cyclic N) is 1. The van der Waals surface area contributed by atoms with Crippen LogP contribution in [0.1, 0.15) is 24.5 Å². The smallest absolute Gasteiger partial charge is 0.123 e. The van der Waals surface area contributed by atoms with Gasteiger partial charge in [-0.2, -0.15) is 0 Å². The second kappa shape index (κ2) is 4.52. The molecule has 4 nitrogen and oxygen atoms in total. The quantitative estimate of drug-likeness (QED) is 0.623. The summed E-state index contributed by atoms with van der Waals surface area (Å²) < 4.78 is 12.9. The van der Waals surface area contributed by atoms with Gasteiger partial charge in [0.05, 0.1) is 18.3 Å². The largest absolute Gasteiger partial charge is 0.390 e. The molecular formula is C14H18FNO3. The zero-order chi connectivity index (χ0) is 13.6. The van der Waals surface area contributed by atoms with Gasteiger partial charge in [0, 0.05) is 18.0 Å². The van der Waals surface area contributed by atoms with Gasteiger partial charge in [-0.05, 0) is 30.5 Å². The Morgan fingerprint density at radius 3 is 2.42 bits per heavy atom. The molecule has 0 bridgehead atoms. The lowest BCUT2D eigenvalue weighted by Crippen LogP contribution is -2.59. The maximum absolute atomic E-state index is 12.9. The van der Waals surface area contributed by atoms with Crippen molar-refractivity contribution in [2.45, 2.75) is 36.7 Å². The van der Waals surface area contributed by atoms with E-state index in [1.54, 1.807) is 0 Å². The molecule has 4 atom stereocenters. The monoisotopic (exact) mass is 267 g/mol. The lowest BCUT2D eigenvalue weighted by Gasteiger charge is -2.42. The maximum atomic E-state index is 12.9. The van der Waals surface area contributed by atoms with E-state index in [0.717, 1.165) is 12.8 Å². The van der Waals surface area contributed by atoms with Crippen molar-refractivity contribution in [2.24, 2.45) is 5.92 Å². The van der Waals surface area contributed by atoms with Gasteiger partial charge in [-0.25, -0.2) is 4.39 Å². The summed E-state index contributed by atoms with van der Waals surface area (Å²) in [6.45, 7) is 0.341. The van der Waals surface area contributed by atoms with E-state index in [-0.39, 0.29) is 11.4 Å². The Labute approximate surface area is 110 Å². The van der Waals surface area contributed by atoms with Crippen LogP contribution < -0.4 is 5.32 Å². The third-order valence-electron chi connectivity index (χ3n) is 4.40.